The lowest BCUT2D eigenvalue weighted by atomic mass is 10.1. The van der Waals surface area contributed by atoms with Crippen molar-refractivity contribution in [3.05, 3.63) is 44.9 Å². The second-order valence-electron chi connectivity index (χ2n) is 6.04. The maximum Gasteiger partial charge on any atom is 0.422 e. The van der Waals surface area contributed by atoms with Gasteiger partial charge in [0.1, 0.15) is 10.8 Å². The minimum atomic E-state index is -4.38. The number of hydrogen-bond acceptors (Lipinski definition) is 4. The molecule has 0 unspecified atom stereocenters. The number of benzene rings is 1. The normalized spacial score (nSPS) is 11.8. The summed E-state index contributed by atoms with van der Waals surface area (Å²) in [5, 5.41) is 7.18. The van der Waals surface area contributed by atoms with Crippen molar-refractivity contribution in [3.8, 4) is 5.75 Å². The molecule has 0 aliphatic heterocycles. The fourth-order valence-electron chi connectivity index (χ4n) is 2.28. The van der Waals surface area contributed by atoms with E-state index in [0.717, 1.165) is 16.3 Å². The summed E-state index contributed by atoms with van der Waals surface area (Å²) in [5.41, 5.74) is 2.45. The van der Waals surface area contributed by atoms with Crippen molar-refractivity contribution in [2.24, 2.45) is 4.99 Å². The van der Waals surface area contributed by atoms with Crippen LogP contribution >= 0.6 is 35.3 Å². The lowest BCUT2D eigenvalue weighted by molar-refractivity contribution is -0.153. The smallest absolute Gasteiger partial charge is 0.422 e. The molecule has 2 rings (SSSR count). The molecule has 2 aromatic rings. The Morgan fingerprint density at radius 2 is 1.86 bits per heavy atom. The van der Waals surface area contributed by atoms with Crippen molar-refractivity contribution >= 4 is 41.3 Å². The number of nitrogens with one attached hydrogen (secondary N) is 2. The van der Waals surface area contributed by atoms with Crippen molar-refractivity contribution < 1.29 is 17.9 Å². The molecule has 1 aromatic heterocycles. The zero-order valence-corrected chi connectivity index (χ0v) is 19.3. The Balaban J connectivity index is 0.00000392. The number of thiazole rings is 1. The first kappa shape index (κ1) is 24.5. The van der Waals surface area contributed by atoms with E-state index in [2.05, 4.69) is 20.6 Å². The van der Waals surface area contributed by atoms with Crippen molar-refractivity contribution in [1.29, 1.82) is 0 Å². The SMILES string of the molecule is CN=C(NCc1nc(C)c(C)s1)NCc1ccc(C)cc1OCC(F)(F)F.I. The standard InChI is InChI=1S/C18H23F3N4OS.HI/c1-11-5-6-14(15(7-11)26-10-18(19,20)21)8-23-17(22-4)24-9-16-25-12(2)13(3)27-16;/h5-7H,8-10H2,1-4H3,(H2,22,23,24);1H. The van der Waals surface area contributed by atoms with Gasteiger partial charge in [-0.05, 0) is 32.4 Å². The molecule has 28 heavy (non-hydrogen) atoms. The van der Waals surface area contributed by atoms with Gasteiger partial charge in [-0.3, -0.25) is 4.99 Å². The fraction of sp³-hybridized carbons (Fsp3) is 0.444. The highest BCUT2D eigenvalue weighted by Crippen LogP contribution is 2.23. The van der Waals surface area contributed by atoms with Gasteiger partial charge in [-0.15, -0.1) is 35.3 Å². The van der Waals surface area contributed by atoms with Crippen LogP contribution in [0, 0.1) is 20.8 Å². The quantitative estimate of drug-likeness (QED) is 0.330. The highest BCUT2D eigenvalue weighted by molar-refractivity contribution is 14.0. The van der Waals surface area contributed by atoms with Crippen molar-refractivity contribution in [2.45, 2.75) is 40.0 Å². The summed E-state index contributed by atoms with van der Waals surface area (Å²) in [5.74, 6) is 0.740. The minimum Gasteiger partial charge on any atom is -0.484 e. The molecular weight excluding hydrogens is 504 g/mol. The molecular formula is C18H24F3IN4OS. The number of aryl methyl sites for hydroxylation is 3. The van der Waals surface area contributed by atoms with E-state index in [4.69, 9.17) is 4.74 Å². The van der Waals surface area contributed by atoms with E-state index in [1.807, 2.05) is 19.9 Å². The molecule has 1 heterocycles. The van der Waals surface area contributed by atoms with E-state index in [1.165, 1.54) is 4.88 Å². The van der Waals surface area contributed by atoms with Gasteiger partial charge in [0.2, 0.25) is 0 Å². The van der Waals surface area contributed by atoms with Crippen LogP contribution < -0.4 is 15.4 Å². The molecule has 0 saturated heterocycles. The lowest BCUT2D eigenvalue weighted by Crippen LogP contribution is -2.36. The van der Waals surface area contributed by atoms with E-state index in [9.17, 15) is 13.2 Å². The van der Waals surface area contributed by atoms with E-state index >= 15 is 0 Å². The number of guanidine groups is 1. The van der Waals surface area contributed by atoms with Crippen molar-refractivity contribution in [2.75, 3.05) is 13.7 Å². The van der Waals surface area contributed by atoms with Crippen LogP contribution in [-0.2, 0) is 13.1 Å². The number of rotatable bonds is 6. The van der Waals surface area contributed by atoms with Crippen LogP contribution in [0.15, 0.2) is 23.2 Å². The first-order valence-electron chi connectivity index (χ1n) is 8.34. The second kappa shape index (κ2) is 10.8. The summed E-state index contributed by atoms with van der Waals surface area (Å²) >= 11 is 1.61. The summed E-state index contributed by atoms with van der Waals surface area (Å²) in [6, 6.07) is 5.17. The zero-order valence-electron chi connectivity index (χ0n) is 16.1. The highest BCUT2D eigenvalue weighted by Gasteiger charge is 2.28. The molecule has 156 valence electrons. The van der Waals surface area contributed by atoms with E-state index in [0.29, 0.717) is 18.1 Å². The molecule has 0 bridgehead atoms. The summed E-state index contributed by atoms with van der Waals surface area (Å²) < 4.78 is 42.3. The average Bonchev–Trinajstić information content (AvgIpc) is 2.91. The van der Waals surface area contributed by atoms with Crippen molar-refractivity contribution in [3.63, 3.8) is 0 Å². The molecule has 0 saturated carbocycles. The molecule has 0 aliphatic carbocycles. The van der Waals surface area contributed by atoms with E-state index < -0.39 is 12.8 Å². The largest absolute Gasteiger partial charge is 0.484 e. The highest BCUT2D eigenvalue weighted by atomic mass is 127. The van der Waals surface area contributed by atoms with Gasteiger partial charge in [-0.2, -0.15) is 13.2 Å². The van der Waals surface area contributed by atoms with Gasteiger partial charge in [0.15, 0.2) is 12.6 Å². The van der Waals surface area contributed by atoms with Gasteiger partial charge in [0.25, 0.3) is 0 Å². The number of ether oxygens (including phenoxy) is 1. The molecule has 0 amide bonds. The number of hydrogen-bond donors (Lipinski definition) is 2. The van der Waals surface area contributed by atoms with Crippen LogP contribution in [-0.4, -0.2) is 30.8 Å². The van der Waals surface area contributed by atoms with Crippen LogP contribution in [0.4, 0.5) is 13.2 Å². The maximum absolute atomic E-state index is 12.5. The number of aliphatic imine (C=N–C) groups is 1. The topological polar surface area (TPSA) is 58.5 Å². The number of aromatic nitrogens is 1. The zero-order chi connectivity index (χ0) is 20.0. The molecule has 2 N–H and O–H groups in total. The van der Waals surface area contributed by atoms with Gasteiger partial charge >= 0.3 is 6.18 Å². The second-order valence-corrected chi connectivity index (χ2v) is 7.33. The minimum absolute atomic E-state index is 0. The Hall–Kier alpha value is -1.56. The molecule has 0 radical (unpaired) electrons. The Labute approximate surface area is 183 Å². The summed E-state index contributed by atoms with van der Waals surface area (Å²) in [6.45, 7) is 5.26. The Bertz CT molecular complexity index is 789. The molecule has 0 atom stereocenters. The van der Waals surface area contributed by atoms with Gasteiger partial charge < -0.3 is 15.4 Å². The number of nitrogens with zero attached hydrogens (tertiary/aromatic N) is 2. The van der Waals surface area contributed by atoms with Crippen molar-refractivity contribution in [1.82, 2.24) is 15.6 Å². The predicted octanol–water partition coefficient (Wildman–Crippen LogP) is 4.49. The van der Waals surface area contributed by atoms with E-state index in [-0.39, 0.29) is 36.3 Å². The van der Waals surface area contributed by atoms with Gasteiger partial charge in [-0.1, -0.05) is 12.1 Å². The predicted molar refractivity (Wildman–Crippen MR) is 117 cm³/mol. The number of alkyl halides is 3. The van der Waals surface area contributed by atoms with E-state index in [1.54, 1.807) is 37.4 Å². The molecule has 1 aromatic carbocycles. The average molecular weight is 528 g/mol. The summed E-state index contributed by atoms with van der Waals surface area (Å²) in [6.07, 6.45) is -4.38. The molecule has 0 aliphatic rings. The molecule has 0 spiro atoms. The summed E-state index contributed by atoms with van der Waals surface area (Å²) in [4.78, 5) is 9.75. The molecule has 10 heteroatoms. The Morgan fingerprint density at radius 1 is 1.18 bits per heavy atom. The van der Waals surface area contributed by atoms with Crippen LogP contribution in [0.25, 0.3) is 0 Å². The first-order valence-corrected chi connectivity index (χ1v) is 9.16. The third-order valence-corrected chi connectivity index (χ3v) is 4.84. The van der Waals surface area contributed by atoms with Gasteiger partial charge in [-0.25, -0.2) is 4.98 Å². The summed E-state index contributed by atoms with van der Waals surface area (Å²) in [7, 11) is 1.63. The third-order valence-electron chi connectivity index (χ3n) is 3.76. The van der Waals surface area contributed by atoms with Crippen LogP contribution in [0.1, 0.15) is 26.7 Å². The third kappa shape index (κ3) is 7.82. The van der Waals surface area contributed by atoms with Gasteiger partial charge in [0, 0.05) is 24.0 Å². The monoisotopic (exact) mass is 528 g/mol. The molecule has 5 nitrogen and oxygen atoms in total. The Kier molecular flexibility index (Phi) is 9.48. The first-order chi connectivity index (χ1) is 12.7. The Morgan fingerprint density at radius 3 is 2.43 bits per heavy atom. The van der Waals surface area contributed by atoms with Gasteiger partial charge in [0.05, 0.1) is 12.2 Å². The maximum atomic E-state index is 12.5. The van der Waals surface area contributed by atoms with Crippen LogP contribution in [0.5, 0.6) is 5.75 Å². The lowest BCUT2D eigenvalue weighted by Gasteiger charge is -2.16. The number of halogens is 4. The molecule has 0 fully saturated rings. The fourth-order valence-corrected chi connectivity index (χ4v) is 3.15. The van der Waals surface area contributed by atoms with Crippen LogP contribution in [0.3, 0.4) is 0 Å². The van der Waals surface area contributed by atoms with Crippen LogP contribution in [0.2, 0.25) is 0 Å².